The van der Waals surface area contributed by atoms with Crippen molar-refractivity contribution in [2.24, 2.45) is 0 Å². The van der Waals surface area contributed by atoms with E-state index in [1.54, 1.807) is 14.2 Å². The van der Waals surface area contributed by atoms with Gasteiger partial charge in [-0.25, -0.2) is 0 Å². The maximum absolute atomic E-state index is 12.3. The highest BCUT2D eigenvalue weighted by Crippen LogP contribution is 2.34. The van der Waals surface area contributed by atoms with Crippen LogP contribution in [-0.2, 0) is 11.3 Å². The maximum Gasteiger partial charge on any atom is 0.255 e. The predicted molar refractivity (Wildman–Crippen MR) is 85.8 cm³/mol. The molecule has 0 unspecified atom stereocenters. The SMILES string of the molecule is CNC(=O)c1c(-c2ccccc2)oc2ccc(COC)cc12. The molecular formula is C18H17NO3. The van der Waals surface area contributed by atoms with Gasteiger partial charge in [-0.3, -0.25) is 4.79 Å². The third-order valence-corrected chi connectivity index (χ3v) is 3.55. The van der Waals surface area contributed by atoms with Gasteiger partial charge in [0.2, 0.25) is 0 Å². The summed E-state index contributed by atoms with van der Waals surface area (Å²) in [6.45, 7) is 0.495. The molecule has 2 aromatic carbocycles. The van der Waals surface area contributed by atoms with Crippen molar-refractivity contribution in [3.63, 3.8) is 0 Å². The second-order valence-electron chi connectivity index (χ2n) is 5.01. The molecule has 0 saturated carbocycles. The van der Waals surface area contributed by atoms with Crippen LogP contribution in [-0.4, -0.2) is 20.1 Å². The summed E-state index contributed by atoms with van der Waals surface area (Å²) in [6.07, 6.45) is 0. The monoisotopic (exact) mass is 295 g/mol. The van der Waals surface area contributed by atoms with Gasteiger partial charge < -0.3 is 14.5 Å². The van der Waals surface area contributed by atoms with Gasteiger partial charge in [0.15, 0.2) is 0 Å². The Bertz CT molecular complexity index is 806. The van der Waals surface area contributed by atoms with E-state index in [0.29, 0.717) is 23.5 Å². The van der Waals surface area contributed by atoms with Crippen LogP contribution >= 0.6 is 0 Å². The molecule has 0 aliphatic rings. The number of methoxy groups -OCH3 is 1. The Labute approximate surface area is 128 Å². The number of amides is 1. The number of carbonyl (C=O) groups is 1. The van der Waals surface area contributed by atoms with Crippen LogP contribution in [0.5, 0.6) is 0 Å². The molecule has 0 fully saturated rings. The van der Waals surface area contributed by atoms with Gasteiger partial charge in [0.05, 0.1) is 12.2 Å². The summed E-state index contributed by atoms with van der Waals surface area (Å²) in [4.78, 5) is 12.3. The molecule has 0 spiro atoms. The topological polar surface area (TPSA) is 51.5 Å². The highest BCUT2D eigenvalue weighted by Gasteiger charge is 2.21. The number of furan rings is 1. The normalized spacial score (nSPS) is 10.8. The smallest absolute Gasteiger partial charge is 0.255 e. The largest absolute Gasteiger partial charge is 0.455 e. The van der Waals surface area contributed by atoms with Crippen LogP contribution in [0.2, 0.25) is 0 Å². The summed E-state index contributed by atoms with van der Waals surface area (Å²) in [5.74, 6) is 0.427. The quantitative estimate of drug-likeness (QED) is 0.800. The van der Waals surface area contributed by atoms with E-state index in [9.17, 15) is 4.79 Å². The summed E-state index contributed by atoms with van der Waals surface area (Å²) in [5.41, 5.74) is 3.13. The third kappa shape index (κ3) is 2.49. The fourth-order valence-corrected chi connectivity index (χ4v) is 2.54. The minimum atomic E-state index is -0.160. The van der Waals surface area contributed by atoms with Gasteiger partial charge in [0.1, 0.15) is 11.3 Å². The molecule has 1 N–H and O–H groups in total. The number of nitrogens with one attached hydrogen (secondary N) is 1. The molecule has 0 aliphatic carbocycles. The van der Waals surface area contributed by atoms with Crippen LogP contribution < -0.4 is 5.32 Å². The van der Waals surface area contributed by atoms with Gasteiger partial charge >= 0.3 is 0 Å². The number of rotatable bonds is 4. The average molecular weight is 295 g/mol. The Morgan fingerprint density at radius 3 is 2.64 bits per heavy atom. The number of benzene rings is 2. The first kappa shape index (κ1) is 14.4. The third-order valence-electron chi connectivity index (χ3n) is 3.55. The molecule has 0 bridgehead atoms. The van der Waals surface area contributed by atoms with Crippen molar-refractivity contribution in [2.45, 2.75) is 6.61 Å². The first-order chi connectivity index (χ1) is 10.7. The van der Waals surface area contributed by atoms with Crippen LogP contribution in [0, 0.1) is 0 Å². The first-order valence-electron chi connectivity index (χ1n) is 7.06. The zero-order chi connectivity index (χ0) is 15.5. The summed E-state index contributed by atoms with van der Waals surface area (Å²) in [6, 6.07) is 15.4. The van der Waals surface area contributed by atoms with E-state index in [1.807, 2.05) is 48.5 Å². The van der Waals surface area contributed by atoms with Crippen molar-refractivity contribution in [1.29, 1.82) is 0 Å². The number of hydrogen-bond acceptors (Lipinski definition) is 3. The van der Waals surface area contributed by atoms with Crippen LogP contribution in [0.4, 0.5) is 0 Å². The average Bonchev–Trinajstić information content (AvgIpc) is 2.94. The Morgan fingerprint density at radius 1 is 1.18 bits per heavy atom. The highest BCUT2D eigenvalue weighted by molar-refractivity contribution is 6.11. The second kappa shape index (κ2) is 6.03. The van der Waals surface area contributed by atoms with Gasteiger partial charge in [0.25, 0.3) is 5.91 Å². The molecular weight excluding hydrogens is 278 g/mol. The number of ether oxygens (including phenoxy) is 1. The first-order valence-corrected chi connectivity index (χ1v) is 7.06. The van der Waals surface area contributed by atoms with Crippen molar-refractivity contribution in [3.05, 3.63) is 59.7 Å². The molecule has 3 aromatic rings. The van der Waals surface area contributed by atoms with Gasteiger partial charge in [-0.15, -0.1) is 0 Å². The van der Waals surface area contributed by atoms with Crippen LogP contribution in [0.15, 0.2) is 52.9 Å². The zero-order valence-corrected chi connectivity index (χ0v) is 12.6. The molecule has 0 radical (unpaired) electrons. The van der Waals surface area contributed by atoms with E-state index in [-0.39, 0.29) is 5.91 Å². The lowest BCUT2D eigenvalue weighted by Gasteiger charge is -2.03. The Balaban J connectivity index is 2.25. The Morgan fingerprint density at radius 2 is 1.95 bits per heavy atom. The fraction of sp³-hybridized carbons (Fsp3) is 0.167. The van der Waals surface area contributed by atoms with E-state index in [1.165, 1.54) is 0 Å². The maximum atomic E-state index is 12.3. The number of carbonyl (C=O) groups excluding carboxylic acids is 1. The zero-order valence-electron chi connectivity index (χ0n) is 12.6. The molecule has 0 atom stereocenters. The lowest BCUT2D eigenvalue weighted by atomic mass is 10.0. The van der Waals surface area contributed by atoms with Crippen LogP contribution in [0.25, 0.3) is 22.3 Å². The van der Waals surface area contributed by atoms with Gasteiger partial charge in [-0.05, 0) is 17.7 Å². The van der Waals surface area contributed by atoms with Gasteiger partial charge in [-0.2, -0.15) is 0 Å². The standard InChI is InChI=1S/C18H17NO3/c1-19-18(20)16-14-10-12(11-21-2)8-9-15(14)22-17(16)13-6-4-3-5-7-13/h3-10H,11H2,1-2H3,(H,19,20). The predicted octanol–water partition coefficient (Wildman–Crippen LogP) is 3.61. The molecule has 1 amide bonds. The Kier molecular flexibility index (Phi) is 3.94. The molecule has 1 aromatic heterocycles. The van der Waals surface area contributed by atoms with Crippen molar-refractivity contribution < 1.29 is 13.9 Å². The summed E-state index contributed by atoms with van der Waals surface area (Å²) < 4.78 is 11.1. The highest BCUT2D eigenvalue weighted by atomic mass is 16.5. The summed E-state index contributed by atoms with van der Waals surface area (Å²) in [7, 11) is 3.27. The van der Waals surface area contributed by atoms with Gasteiger partial charge in [0, 0.05) is 25.1 Å². The van der Waals surface area contributed by atoms with Gasteiger partial charge in [-0.1, -0.05) is 36.4 Å². The number of hydrogen-bond donors (Lipinski definition) is 1. The van der Waals surface area contributed by atoms with E-state index in [4.69, 9.17) is 9.15 Å². The van der Waals surface area contributed by atoms with Crippen molar-refractivity contribution >= 4 is 16.9 Å². The second-order valence-corrected chi connectivity index (χ2v) is 5.01. The van der Waals surface area contributed by atoms with Crippen molar-refractivity contribution in [1.82, 2.24) is 5.32 Å². The van der Waals surface area contributed by atoms with E-state index < -0.39 is 0 Å². The lowest BCUT2D eigenvalue weighted by molar-refractivity contribution is 0.0964. The van der Waals surface area contributed by atoms with Crippen molar-refractivity contribution in [2.75, 3.05) is 14.2 Å². The molecule has 3 rings (SSSR count). The van der Waals surface area contributed by atoms with Crippen molar-refractivity contribution in [3.8, 4) is 11.3 Å². The molecule has 0 aliphatic heterocycles. The van der Waals surface area contributed by atoms with Crippen LogP contribution in [0.3, 0.4) is 0 Å². The number of fused-ring (bicyclic) bond motifs is 1. The van der Waals surface area contributed by atoms with Crippen LogP contribution in [0.1, 0.15) is 15.9 Å². The molecule has 4 heteroatoms. The summed E-state index contributed by atoms with van der Waals surface area (Å²) >= 11 is 0. The minimum Gasteiger partial charge on any atom is -0.455 e. The molecule has 1 heterocycles. The Hall–Kier alpha value is -2.59. The summed E-state index contributed by atoms with van der Waals surface area (Å²) in [5, 5.41) is 3.49. The molecule has 112 valence electrons. The molecule has 0 saturated heterocycles. The van der Waals surface area contributed by atoms with E-state index in [0.717, 1.165) is 16.5 Å². The van der Waals surface area contributed by atoms with E-state index in [2.05, 4.69) is 5.32 Å². The fourth-order valence-electron chi connectivity index (χ4n) is 2.54. The van der Waals surface area contributed by atoms with E-state index >= 15 is 0 Å². The lowest BCUT2D eigenvalue weighted by Crippen LogP contribution is -2.18. The molecule has 22 heavy (non-hydrogen) atoms. The minimum absolute atomic E-state index is 0.160. The molecule has 4 nitrogen and oxygen atoms in total.